The molecule has 0 saturated heterocycles. The zero-order valence-corrected chi connectivity index (χ0v) is 10.5. The molecule has 0 aromatic heterocycles. The second-order valence-electron chi connectivity index (χ2n) is 3.41. The second-order valence-corrected chi connectivity index (χ2v) is 4.17. The van der Waals surface area contributed by atoms with E-state index in [1.54, 1.807) is 0 Å². The molecule has 1 aromatic carbocycles. The van der Waals surface area contributed by atoms with Crippen molar-refractivity contribution in [3.8, 4) is 0 Å². The normalized spacial score (nSPS) is 11.6. The number of hydrogen-bond donors (Lipinski definition) is 0. The van der Waals surface area contributed by atoms with Crippen LogP contribution in [-0.4, -0.2) is 24.8 Å². The molecule has 1 nitrogen and oxygen atoms in total. The van der Waals surface area contributed by atoms with Crippen LogP contribution < -0.4 is 4.90 Å². The molecule has 0 saturated carbocycles. The largest absolute Gasteiger partial charge is 0.416 e. The van der Waals surface area contributed by atoms with Gasteiger partial charge in [-0.1, -0.05) is 0 Å². The fourth-order valence-corrected chi connectivity index (χ4v) is 1.84. The van der Waals surface area contributed by atoms with Crippen molar-refractivity contribution < 1.29 is 13.2 Å². The molecule has 0 atom stereocenters. The summed E-state index contributed by atoms with van der Waals surface area (Å²) < 4.78 is 37.1. The molecule has 6 heteroatoms. The van der Waals surface area contributed by atoms with Crippen LogP contribution in [-0.2, 0) is 6.18 Å². The number of halogens is 5. The lowest BCUT2D eigenvalue weighted by atomic mass is 10.2. The van der Waals surface area contributed by atoms with Crippen molar-refractivity contribution in [1.29, 1.82) is 0 Å². The van der Waals surface area contributed by atoms with Crippen LogP contribution in [0.4, 0.5) is 18.9 Å². The van der Waals surface area contributed by atoms with Crippen molar-refractivity contribution >= 4 is 28.9 Å². The lowest BCUT2D eigenvalue weighted by Crippen LogP contribution is -2.27. The highest BCUT2D eigenvalue weighted by Gasteiger charge is 2.30. The first-order chi connectivity index (χ1) is 7.99. The molecular weight excluding hydrogens is 274 g/mol. The molecular formula is C11H12Cl2F3N. The molecule has 1 aromatic rings. The van der Waals surface area contributed by atoms with Gasteiger partial charge in [0, 0.05) is 30.5 Å². The Bertz CT molecular complexity index is 332. The highest BCUT2D eigenvalue weighted by atomic mass is 35.5. The van der Waals surface area contributed by atoms with Gasteiger partial charge >= 0.3 is 6.18 Å². The van der Waals surface area contributed by atoms with Gasteiger partial charge in [0.2, 0.25) is 0 Å². The maximum atomic E-state index is 12.4. The average Bonchev–Trinajstić information content (AvgIpc) is 2.28. The summed E-state index contributed by atoms with van der Waals surface area (Å²) >= 11 is 11.2. The average molecular weight is 286 g/mol. The van der Waals surface area contributed by atoms with E-state index in [-0.39, 0.29) is 0 Å². The molecule has 0 amide bonds. The smallest absolute Gasteiger partial charge is 0.369 e. The Hall–Kier alpha value is -0.610. The van der Waals surface area contributed by atoms with Crippen molar-refractivity contribution in [2.24, 2.45) is 0 Å². The number of anilines is 1. The highest BCUT2D eigenvalue weighted by molar-refractivity contribution is 6.18. The van der Waals surface area contributed by atoms with Gasteiger partial charge < -0.3 is 4.90 Å². The number of hydrogen-bond acceptors (Lipinski definition) is 1. The van der Waals surface area contributed by atoms with Gasteiger partial charge in [0.25, 0.3) is 0 Å². The zero-order chi connectivity index (χ0) is 12.9. The number of rotatable bonds is 5. The molecule has 0 radical (unpaired) electrons. The van der Waals surface area contributed by atoms with E-state index in [9.17, 15) is 13.2 Å². The van der Waals surface area contributed by atoms with Crippen LogP contribution in [0.15, 0.2) is 24.3 Å². The summed E-state index contributed by atoms with van der Waals surface area (Å²) in [6, 6.07) is 4.99. The zero-order valence-electron chi connectivity index (χ0n) is 8.97. The van der Waals surface area contributed by atoms with Crippen LogP contribution in [0.3, 0.4) is 0 Å². The summed E-state index contributed by atoms with van der Waals surface area (Å²) in [4.78, 5) is 1.85. The highest BCUT2D eigenvalue weighted by Crippen LogP contribution is 2.30. The summed E-state index contributed by atoms with van der Waals surface area (Å²) in [5, 5.41) is 0. The van der Waals surface area contributed by atoms with Crippen molar-refractivity contribution in [2.75, 3.05) is 29.7 Å². The van der Waals surface area contributed by atoms with Crippen LogP contribution in [0.1, 0.15) is 5.56 Å². The van der Waals surface area contributed by atoms with Crippen LogP contribution in [0.25, 0.3) is 0 Å². The number of alkyl halides is 5. The maximum Gasteiger partial charge on any atom is 0.416 e. The molecule has 0 aliphatic carbocycles. The number of benzene rings is 1. The second kappa shape index (κ2) is 6.36. The summed E-state index contributed by atoms with van der Waals surface area (Å²) in [5.41, 5.74) is 0.0391. The third-order valence-electron chi connectivity index (χ3n) is 2.27. The van der Waals surface area contributed by atoms with E-state index < -0.39 is 11.7 Å². The fraction of sp³-hybridized carbons (Fsp3) is 0.455. The molecule has 0 aliphatic heterocycles. The lowest BCUT2D eigenvalue weighted by Gasteiger charge is -2.23. The molecule has 0 aliphatic rings. The van der Waals surface area contributed by atoms with Gasteiger partial charge in [-0.2, -0.15) is 13.2 Å². The first kappa shape index (κ1) is 14.5. The quantitative estimate of drug-likeness (QED) is 0.740. The third-order valence-corrected chi connectivity index (χ3v) is 2.61. The minimum atomic E-state index is -4.30. The van der Waals surface area contributed by atoms with Crippen LogP contribution in [0.2, 0.25) is 0 Å². The van der Waals surface area contributed by atoms with Gasteiger partial charge in [0.05, 0.1) is 5.56 Å². The van der Waals surface area contributed by atoms with E-state index in [0.717, 1.165) is 12.1 Å². The molecule has 0 heterocycles. The van der Waals surface area contributed by atoms with Crippen molar-refractivity contribution in [3.05, 3.63) is 29.8 Å². The molecule has 0 unspecified atom stereocenters. The summed E-state index contributed by atoms with van der Waals surface area (Å²) in [5.74, 6) is 0.801. The Morgan fingerprint density at radius 1 is 0.941 bits per heavy atom. The Morgan fingerprint density at radius 3 is 1.76 bits per heavy atom. The van der Waals surface area contributed by atoms with Crippen LogP contribution in [0, 0.1) is 0 Å². The topological polar surface area (TPSA) is 3.24 Å². The van der Waals surface area contributed by atoms with E-state index in [2.05, 4.69) is 0 Å². The van der Waals surface area contributed by atoms with E-state index in [1.807, 2.05) is 4.90 Å². The molecule has 17 heavy (non-hydrogen) atoms. The molecule has 0 N–H and O–H groups in total. The maximum absolute atomic E-state index is 12.4. The Kier molecular flexibility index (Phi) is 5.40. The van der Waals surface area contributed by atoms with Crippen LogP contribution in [0.5, 0.6) is 0 Å². The molecule has 0 fully saturated rings. The minimum absolute atomic E-state index is 0.401. The minimum Gasteiger partial charge on any atom is -0.369 e. The summed E-state index contributed by atoms with van der Waals surface area (Å²) in [6.45, 7) is 1.11. The van der Waals surface area contributed by atoms with E-state index in [0.29, 0.717) is 30.5 Å². The van der Waals surface area contributed by atoms with Gasteiger partial charge in [-0.3, -0.25) is 0 Å². The van der Waals surface area contributed by atoms with Gasteiger partial charge in [0.15, 0.2) is 0 Å². The van der Waals surface area contributed by atoms with Gasteiger partial charge in [-0.25, -0.2) is 0 Å². The van der Waals surface area contributed by atoms with Gasteiger partial charge in [0.1, 0.15) is 0 Å². The molecule has 0 spiro atoms. The SMILES string of the molecule is FC(F)(F)c1ccc(N(CCCl)CCCl)cc1. The number of nitrogens with zero attached hydrogens (tertiary/aromatic N) is 1. The molecule has 1 rings (SSSR count). The molecule has 96 valence electrons. The van der Waals surface area contributed by atoms with Crippen LogP contribution >= 0.6 is 23.2 Å². The van der Waals surface area contributed by atoms with E-state index in [1.165, 1.54) is 12.1 Å². The predicted octanol–water partition coefficient (Wildman–Crippen LogP) is 3.99. The fourth-order valence-electron chi connectivity index (χ4n) is 1.44. The van der Waals surface area contributed by atoms with E-state index >= 15 is 0 Å². The third kappa shape index (κ3) is 4.28. The Morgan fingerprint density at radius 2 is 1.41 bits per heavy atom. The van der Waals surface area contributed by atoms with Gasteiger partial charge in [-0.05, 0) is 24.3 Å². The molecule has 0 bridgehead atoms. The summed E-state index contributed by atoms with van der Waals surface area (Å²) in [7, 11) is 0. The Balaban J connectivity index is 2.84. The first-order valence-electron chi connectivity index (χ1n) is 5.03. The van der Waals surface area contributed by atoms with Crippen molar-refractivity contribution in [1.82, 2.24) is 0 Å². The van der Waals surface area contributed by atoms with Crippen molar-refractivity contribution in [3.63, 3.8) is 0 Å². The summed E-state index contributed by atoms with van der Waals surface area (Å²) in [6.07, 6.45) is -4.30. The monoisotopic (exact) mass is 285 g/mol. The lowest BCUT2D eigenvalue weighted by molar-refractivity contribution is -0.137. The van der Waals surface area contributed by atoms with Crippen molar-refractivity contribution in [2.45, 2.75) is 6.18 Å². The Labute approximate surface area is 108 Å². The first-order valence-corrected chi connectivity index (χ1v) is 6.10. The van der Waals surface area contributed by atoms with E-state index in [4.69, 9.17) is 23.2 Å². The predicted molar refractivity (Wildman–Crippen MR) is 65.1 cm³/mol. The van der Waals surface area contributed by atoms with Gasteiger partial charge in [-0.15, -0.1) is 23.2 Å². The standard InChI is InChI=1S/C11H12Cl2F3N/c12-5-7-17(8-6-13)10-3-1-9(2-4-10)11(14,15)16/h1-4H,5-8H2.